The average Bonchev–Trinajstić information content (AvgIpc) is 0.702. The third-order valence-electron chi connectivity index (χ3n) is 23.8. The molecule has 0 saturated heterocycles. The Morgan fingerprint density at radius 2 is 0.770 bits per heavy atom. The molecule has 0 N–H and O–H groups in total. The zero-order chi connectivity index (χ0) is 76.4. The number of anilines is 3. The van der Waals surface area contributed by atoms with Gasteiger partial charge in [0.2, 0.25) is 6.71 Å². The lowest BCUT2D eigenvalue weighted by molar-refractivity contribution is 0.590. The summed E-state index contributed by atoms with van der Waals surface area (Å²) < 4.78 is 4.94. The van der Waals surface area contributed by atoms with Crippen LogP contribution in [0.2, 0.25) is 0 Å². The minimum atomic E-state index is -0.516. The van der Waals surface area contributed by atoms with Crippen LogP contribution in [0.3, 0.4) is 0 Å². The van der Waals surface area contributed by atoms with Crippen molar-refractivity contribution >= 4 is 89.5 Å². The van der Waals surface area contributed by atoms with Crippen LogP contribution in [-0.2, 0) is 10.8 Å². The molecular weight excluding hydrogens is 1370 g/mol. The molecule has 2 aromatic heterocycles. The van der Waals surface area contributed by atoms with Gasteiger partial charge in [-0.25, -0.2) is 4.85 Å². The third kappa shape index (κ3) is 11.3. The van der Waals surface area contributed by atoms with Crippen molar-refractivity contribution in [2.45, 2.75) is 58.3 Å². The van der Waals surface area contributed by atoms with Gasteiger partial charge in [-0.05, 0) is 207 Å². The number of hydrogen-bond donors (Lipinski definition) is 0. The van der Waals surface area contributed by atoms with Gasteiger partial charge in [0, 0.05) is 55.8 Å². The summed E-state index contributed by atoms with van der Waals surface area (Å²) in [5, 5.41) is 16.4. The summed E-state index contributed by atoms with van der Waals surface area (Å²) in [5.74, 6) is -0.516. The summed E-state index contributed by atoms with van der Waals surface area (Å²) in [4.78, 5) is 7.08. The molecule has 0 aliphatic carbocycles. The molecule has 2 aliphatic heterocycles. The lowest BCUT2D eigenvalue weighted by atomic mass is 9.31. The van der Waals surface area contributed by atoms with Gasteiger partial charge in [-0.3, -0.25) is 0 Å². The van der Waals surface area contributed by atoms with Crippen molar-refractivity contribution in [2.75, 3.05) is 4.90 Å². The van der Waals surface area contributed by atoms with Crippen LogP contribution in [0.25, 0.3) is 138 Å². The Morgan fingerprint density at radius 1 is 0.336 bits per heavy atom. The molecule has 534 valence electrons. The zero-order valence-corrected chi connectivity index (χ0v) is 64.0. The summed E-state index contributed by atoms with van der Waals surface area (Å²) in [5.41, 5.74) is 33.8. The molecule has 0 spiro atoms. The molecule has 1 unspecified atom stereocenters. The second-order valence-corrected chi connectivity index (χ2v) is 32.4. The quantitative estimate of drug-likeness (QED) is 0.0957. The number of nitrogens with zero attached hydrogens (tertiary/aromatic N) is 5. The molecule has 20 rings (SSSR count). The molecule has 2 aliphatic rings. The zero-order valence-electron chi connectivity index (χ0n) is 64.0. The van der Waals surface area contributed by atoms with Crippen molar-refractivity contribution < 1.29 is 0 Å². The van der Waals surface area contributed by atoms with E-state index < -0.39 is 5.92 Å². The van der Waals surface area contributed by atoms with Crippen molar-refractivity contribution in [3.05, 3.63) is 403 Å². The Labute approximate surface area is 660 Å². The molecule has 18 aromatic rings. The van der Waals surface area contributed by atoms with Crippen LogP contribution >= 0.6 is 0 Å². The Morgan fingerprint density at radius 3 is 1.30 bits per heavy atom. The number of benzene rings is 16. The van der Waals surface area contributed by atoms with E-state index in [0.717, 1.165) is 145 Å². The fraction of sp³-hybridized carbons (Fsp3) is 0.0841. The fourth-order valence-corrected chi connectivity index (χ4v) is 18.5. The summed E-state index contributed by atoms with van der Waals surface area (Å²) in [6.45, 7) is 22.6. The van der Waals surface area contributed by atoms with E-state index >= 15 is 0 Å². The molecule has 5 nitrogen and oxygen atoms in total. The lowest BCUT2D eigenvalue weighted by Gasteiger charge is -2.45. The van der Waals surface area contributed by atoms with E-state index in [4.69, 9.17) is 6.57 Å². The van der Waals surface area contributed by atoms with Gasteiger partial charge < -0.3 is 14.0 Å². The Bertz CT molecular complexity index is 6490. The van der Waals surface area contributed by atoms with E-state index in [9.17, 15) is 5.26 Å². The predicted octanol–water partition coefficient (Wildman–Crippen LogP) is 26.4. The van der Waals surface area contributed by atoms with E-state index in [1.54, 1.807) is 0 Å². The molecule has 113 heavy (non-hydrogen) atoms. The van der Waals surface area contributed by atoms with Crippen molar-refractivity contribution in [3.63, 3.8) is 0 Å². The number of rotatable bonds is 11. The maximum Gasteiger partial charge on any atom is 0.247 e. The highest BCUT2D eigenvalue weighted by molar-refractivity contribution is 6.99. The van der Waals surface area contributed by atoms with Gasteiger partial charge in [0.15, 0.2) is 5.69 Å². The van der Waals surface area contributed by atoms with Crippen molar-refractivity contribution in [2.24, 2.45) is 0 Å². The summed E-state index contributed by atoms with van der Waals surface area (Å²) in [7, 11) is 0. The minimum Gasteiger partial charge on any atom is -0.310 e. The highest BCUT2D eigenvalue weighted by Crippen LogP contribution is 2.56. The molecule has 6 heteroatoms. The highest BCUT2D eigenvalue weighted by atomic mass is 15.2. The highest BCUT2D eigenvalue weighted by Gasteiger charge is 2.47. The molecule has 1 atom stereocenters. The van der Waals surface area contributed by atoms with Gasteiger partial charge in [0.05, 0.1) is 46.0 Å². The Balaban J connectivity index is 1.00. The second-order valence-electron chi connectivity index (χ2n) is 32.4. The largest absolute Gasteiger partial charge is 0.310 e. The van der Waals surface area contributed by atoms with Crippen LogP contribution < -0.4 is 21.3 Å². The fourth-order valence-electron chi connectivity index (χ4n) is 18.5. The SMILES string of the molecule is [C-]#[N+]c1ccccc1-c1cc(-c2ccccc2)cc(-c2cccc(C(C)(C)C)c2)c1N1c2cc(-n3c4ccccc4c4ccccc43)ccc2B2c3ccc(-n4c5ccccc5c5ccccc54)cc3C(c3c(-c4cccc(C(C)(C)C)c4)cc(-c4ccccc4)cc3-c3ccccc3C#N)c3cc(-c4ccccc4)cc1c32. The van der Waals surface area contributed by atoms with E-state index in [1.165, 1.54) is 49.2 Å². The predicted molar refractivity (Wildman–Crippen MR) is 475 cm³/mol. The molecule has 16 aromatic carbocycles. The van der Waals surface area contributed by atoms with Crippen LogP contribution in [0, 0.1) is 17.9 Å². The maximum absolute atomic E-state index is 11.7. The first kappa shape index (κ1) is 68.3. The van der Waals surface area contributed by atoms with Gasteiger partial charge >= 0.3 is 0 Å². The molecule has 0 radical (unpaired) electrons. The topological polar surface area (TPSA) is 41.2 Å². The monoisotopic (exact) mass is 1440 g/mol. The molecule has 0 fully saturated rings. The van der Waals surface area contributed by atoms with Gasteiger partial charge in [0.1, 0.15) is 0 Å². The van der Waals surface area contributed by atoms with E-state index in [-0.39, 0.29) is 17.5 Å². The number of nitriles is 1. The lowest BCUT2D eigenvalue weighted by Crippen LogP contribution is -2.62. The first-order valence-corrected chi connectivity index (χ1v) is 39.2. The van der Waals surface area contributed by atoms with E-state index in [0.29, 0.717) is 11.3 Å². The smallest absolute Gasteiger partial charge is 0.247 e. The first-order chi connectivity index (χ1) is 55.3. The summed E-state index contributed by atoms with van der Waals surface area (Å²) in [6.07, 6.45) is 0. The number of para-hydroxylation sites is 5. The number of hydrogen-bond acceptors (Lipinski definition) is 2. The van der Waals surface area contributed by atoms with Gasteiger partial charge in [-0.15, -0.1) is 0 Å². The summed E-state index contributed by atoms with van der Waals surface area (Å²) >= 11 is 0. The van der Waals surface area contributed by atoms with Crippen molar-refractivity contribution in [1.82, 2.24) is 9.13 Å². The third-order valence-corrected chi connectivity index (χ3v) is 23.8. The van der Waals surface area contributed by atoms with E-state index in [1.807, 2.05) is 24.3 Å². The molecular formula is C107H78BN5. The Hall–Kier alpha value is -14.0. The van der Waals surface area contributed by atoms with Crippen molar-refractivity contribution in [3.8, 4) is 95.3 Å². The van der Waals surface area contributed by atoms with Gasteiger partial charge in [-0.2, -0.15) is 5.26 Å². The van der Waals surface area contributed by atoms with Crippen LogP contribution in [0.4, 0.5) is 22.7 Å². The molecule has 0 bridgehead atoms. The van der Waals surface area contributed by atoms with Crippen LogP contribution in [0.1, 0.15) is 80.8 Å². The first-order valence-electron chi connectivity index (χ1n) is 39.2. The number of aromatic nitrogens is 2. The van der Waals surface area contributed by atoms with Crippen molar-refractivity contribution in [1.29, 1.82) is 5.26 Å². The molecule has 0 amide bonds. The van der Waals surface area contributed by atoms with Gasteiger partial charge in [0.25, 0.3) is 0 Å². The standard InChI is InChI=1S/C107H78BN5/c1-106(2,3)77-40-29-38-71(57-77)87-59-74(68-31-11-8-12-32-68)61-89(81-42-18-17-37-73(81)67-109)102(87)103-91-65-79(111-96-49-25-20-44-83(96)84-45-21-26-50-97(84)111)53-55-93(91)108-94-56-54-80(112-98-51-27-22-46-85(98)86-47-23-28-52-99(86)112)66-100(94)113(101-64-76(63-92(103)104(101)108)70-35-15-10-16-36-70)105-88(72-39-30-41-78(58-72)107(4,5)6)60-75(69-33-13-9-14-34-69)62-90(105)82-43-19-24-48-95(82)110-7/h8-66,103H,1-6H3. The normalized spacial score (nSPS) is 13.1. The molecule has 4 heterocycles. The van der Waals surface area contributed by atoms with Crippen LogP contribution in [-0.4, -0.2) is 15.8 Å². The Kier molecular flexibility index (Phi) is 16.3. The van der Waals surface area contributed by atoms with Crippen LogP contribution in [0.5, 0.6) is 0 Å². The van der Waals surface area contributed by atoms with Crippen LogP contribution in [0.15, 0.2) is 358 Å². The van der Waals surface area contributed by atoms with Gasteiger partial charge in [-0.1, -0.05) is 320 Å². The number of fused-ring (bicyclic) bond motifs is 10. The summed E-state index contributed by atoms with van der Waals surface area (Å²) in [6, 6.07) is 135. The van der Waals surface area contributed by atoms with E-state index in [2.05, 4.69) is 400 Å². The molecule has 0 saturated carbocycles. The second kappa shape index (κ2) is 26.9. The minimum absolute atomic E-state index is 0.201. The maximum atomic E-state index is 11.7. The average molecular weight is 1440 g/mol.